The Morgan fingerprint density at radius 2 is 1.60 bits per heavy atom. The molecule has 0 heterocycles. The van der Waals surface area contributed by atoms with E-state index in [4.69, 9.17) is 9.11 Å². The Balaban J connectivity index is 3.57. The molecule has 0 bridgehead atoms. The Morgan fingerprint density at radius 3 is 2.00 bits per heavy atom. The predicted octanol–water partition coefficient (Wildman–Crippen LogP) is 0.289. The van der Waals surface area contributed by atoms with E-state index in [1.807, 2.05) is 0 Å². The lowest BCUT2D eigenvalue weighted by Gasteiger charge is -2.02. The number of aryl methyl sites for hydroxylation is 1. The van der Waals surface area contributed by atoms with Gasteiger partial charge in [-0.25, -0.2) is 0 Å². The van der Waals surface area contributed by atoms with Crippen LogP contribution in [0.3, 0.4) is 0 Å². The first-order valence-electron chi connectivity index (χ1n) is 3.59. The maximum absolute atomic E-state index is 10.7. The van der Waals surface area contributed by atoms with Crippen LogP contribution in [-0.2, 0) is 20.2 Å². The summed E-state index contributed by atoms with van der Waals surface area (Å²) in [5.41, 5.74) is 0.165. The number of benzene rings is 1. The van der Waals surface area contributed by atoms with Crippen LogP contribution in [0, 0.1) is 13.0 Å². The van der Waals surface area contributed by atoms with Gasteiger partial charge >= 0.3 is 0 Å². The van der Waals surface area contributed by atoms with Gasteiger partial charge in [-0.05, 0) is 24.6 Å². The van der Waals surface area contributed by atoms with Gasteiger partial charge in [-0.1, -0.05) is 0 Å². The van der Waals surface area contributed by atoms with Crippen LogP contribution in [-0.4, -0.2) is 25.9 Å². The van der Waals surface area contributed by atoms with E-state index in [9.17, 15) is 16.8 Å². The molecule has 83 valence electrons. The molecule has 15 heavy (non-hydrogen) atoms. The van der Waals surface area contributed by atoms with Crippen molar-refractivity contribution in [2.24, 2.45) is 0 Å². The van der Waals surface area contributed by atoms with Gasteiger partial charge in [0, 0.05) is 6.07 Å². The topological polar surface area (TPSA) is 109 Å². The van der Waals surface area contributed by atoms with Crippen LogP contribution in [0.5, 0.6) is 0 Å². The van der Waals surface area contributed by atoms with E-state index in [2.05, 4.69) is 6.07 Å². The van der Waals surface area contributed by atoms with Crippen molar-refractivity contribution in [1.29, 1.82) is 0 Å². The lowest BCUT2D eigenvalue weighted by atomic mass is 10.2. The summed E-state index contributed by atoms with van der Waals surface area (Å²) in [6.45, 7) is 1.38. The molecule has 8 heteroatoms. The maximum Gasteiger partial charge on any atom is 0.295 e. The first kappa shape index (κ1) is 12.1. The first-order chi connectivity index (χ1) is 6.60. The molecule has 0 fully saturated rings. The molecular formula is C7H7O6S2. The number of hydrogen-bond acceptors (Lipinski definition) is 4. The van der Waals surface area contributed by atoms with Crippen LogP contribution in [0.2, 0.25) is 0 Å². The molecular weight excluding hydrogens is 244 g/mol. The Hall–Kier alpha value is -0.960. The van der Waals surface area contributed by atoms with E-state index in [1.165, 1.54) is 6.92 Å². The zero-order chi connectivity index (χ0) is 11.9. The minimum Gasteiger partial charge on any atom is -0.282 e. The molecule has 2 N–H and O–H groups in total. The van der Waals surface area contributed by atoms with E-state index >= 15 is 0 Å². The van der Waals surface area contributed by atoms with Crippen LogP contribution >= 0.6 is 0 Å². The number of hydrogen-bond donors (Lipinski definition) is 2. The SMILES string of the molecule is Cc1[c]c(S(=O)(=O)O)cc(S(=O)(=O)O)c1. The zero-order valence-corrected chi connectivity index (χ0v) is 9.13. The van der Waals surface area contributed by atoms with Crippen molar-refractivity contribution in [2.45, 2.75) is 16.7 Å². The molecule has 1 rings (SSSR count). The largest absolute Gasteiger partial charge is 0.295 e. The molecule has 0 aliphatic carbocycles. The summed E-state index contributed by atoms with van der Waals surface area (Å²) in [7, 11) is -9.04. The van der Waals surface area contributed by atoms with Crippen LogP contribution in [0.15, 0.2) is 21.9 Å². The van der Waals surface area contributed by atoms with E-state index in [0.717, 1.165) is 6.07 Å². The van der Waals surface area contributed by atoms with E-state index in [-0.39, 0.29) is 5.56 Å². The van der Waals surface area contributed by atoms with Crippen molar-refractivity contribution >= 4 is 20.2 Å². The second-order valence-electron chi connectivity index (χ2n) is 2.81. The molecule has 0 amide bonds. The molecule has 0 saturated carbocycles. The van der Waals surface area contributed by atoms with Gasteiger partial charge in [-0.3, -0.25) is 9.11 Å². The smallest absolute Gasteiger partial charge is 0.282 e. The third kappa shape index (κ3) is 2.99. The highest BCUT2D eigenvalue weighted by Crippen LogP contribution is 2.17. The first-order valence-corrected chi connectivity index (χ1v) is 6.47. The molecule has 0 saturated heterocycles. The molecule has 1 radical (unpaired) electrons. The van der Waals surface area contributed by atoms with Gasteiger partial charge in [0.1, 0.15) is 4.90 Å². The molecule has 0 aliphatic rings. The average molecular weight is 251 g/mol. The highest BCUT2D eigenvalue weighted by atomic mass is 32.2. The molecule has 0 aliphatic heterocycles. The highest BCUT2D eigenvalue weighted by molar-refractivity contribution is 7.86. The molecule has 1 aromatic rings. The second kappa shape index (κ2) is 3.56. The van der Waals surface area contributed by atoms with Gasteiger partial charge in [0.05, 0.1) is 4.90 Å². The number of rotatable bonds is 2. The zero-order valence-electron chi connectivity index (χ0n) is 7.50. The van der Waals surface area contributed by atoms with Gasteiger partial charge in [0.25, 0.3) is 20.2 Å². The fraction of sp³-hybridized carbons (Fsp3) is 0.143. The third-order valence-electron chi connectivity index (χ3n) is 1.53. The summed E-state index contributed by atoms with van der Waals surface area (Å²) in [5, 5.41) is 0. The fourth-order valence-electron chi connectivity index (χ4n) is 0.939. The highest BCUT2D eigenvalue weighted by Gasteiger charge is 2.17. The summed E-state index contributed by atoms with van der Waals surface area (Å²) in [5.74, 6) is 0. The van der Waals surface area contributed by atoms with Crippen molar-refractivity contribution in [1.82, 2.24) is 0 Å². The normalized spacial score (nSPS) is 12.7. The average Bonchev–Trinajstić information content (AvgIpc) is 1.99. The van der Waals surface area contributed by atoms with Gasteiger partial charge in [-0.2, -0.15) is 16.8 Å². The van der Waals surface area contributed by atoms with Crippen LogP contribution in [0.1, 0.15) is 5.56 Å². The summed E-state index contributed by atoms with van der Waals surface area (Å²) in [4.78, 5) is -1.30. The molecule has 0 unspecified atom stereocenters. The van der Waals surface area contributed by atoms with Crippen molar-refractivity contribution < 1.29 is 25.9 Å². The van der Waals surface area contributed by atoms with Gasteiger partial charge < -0.3 is 0 Å². The van der Waals surface area contributed by atoms with E-state index in [0.29, 0.717) is 6.07 Å². The minimum absolute atomic E-state index is 0.165. The summed E-state index contributed by atoms with van der Waals surface area (Å²) in [6.07, 6.45) is 0. The summed E-state index contributed by atoms with van der Waals surface area (Å²) in [6, 6.07) is 3.90. The van der Waals surface area contributed by atoms with Crippen LogP contribution in [0.25, 0.3) is 0 Å². The Labute approximate surface area is 87.1 Å². The standard InChI is InChI=1S/C7H7O6S2/c1-5-2-6(14(8,9)10)4-7(3-5)15(11,12)13/h2,4H,1H3,(H,8,9,10)(H,11,12,13). The van der Waals surface area contributed by atoms with Crippen LogP contribution < -0.4 is 0 Å². The minimum atomic E-state index is -4.54. The van der Waals surface area contributed by atoms with E-state index in [1.54, 1.807) is 0 Å². The summed E-state index contributed by atoms with van der Waals surface area (Å²) >= 11 is 0. The monoisotopic (exact) mass is 251 g/mol. The fourth-order valence-corrected chi connectivity index (χ4v) is 2.17. The summed E-state index contributed by atoms with van der Waals surface area (Å²) < 4.78 is 60.2. The Morgan fingerprint density at radius 1 is 1.07 bits per heavy atom. The van der Waals surface area contributed by atoms with Crippen LogP contribution in [0.4, 0.5) is 0 Å². The Kier molecular flexibility index (Phi) is 2.88. The van der Waals surface area contributed by atoms with Gasteiger partial charge in [0.2, 0.25) is 0 Å². The van der Waals surface area contributed by atoms with Crippen molar-refractivity contribution in [3.63, 3.8) is 0 Å². The lowest BCUT2D eigenvalue weighted by Crippen LogP contribution is -2.04. The van der Waals surface area contributed by atoms with Gasteiger partial charge in [0.15, 0.2) is 0 Å². The molecule has 0 aromatic heterocycles. The maximum atomic E-state index is 10.7. The Bertz CT molecular complexity index is 534. The van der Waals surface area contributed by atoms with E-state index < -0.39 is 30.0 Å². The quantitative estimate of drug-likeness (QED) is 0.731. The van der Waals surface area contributed by atoms with Crippen molar-refractivity contribution in [3.05, 3.63) is 23.8 Å². The second-order valence-corrected chi connectivity index (χ2v) is 5.62. The molecule has 6 nitrogen and oxygen atoms in total. The third-order valence-corrected chi connectivity index (χ3v) is 3.14. The molecule has 1 aromatic carbocycles. The lowest BCUT2D eigenvalue weighted by molar-refractivity contribution is 0.480. The van der Waals surface area contributed by atoms with Crippen molar-refractivity contribution in [2.75, 3.05) is 0 Å². The molecule has 0 atom stereocenters. The van der Waals surface area contributed by atoms with Crippen molar-refractivity contribution in [3.8, 4) is 0 Å². The predicted molar refractivity (Wildman–Crippen MR) is 49.6 cm³/mol. The molecule has 0 spiro atoms. The van der Waals surface area contributed by atoms with Gasteiger partial charge in [-0.15, -0.1) is 0 Å².